The predicted molar refractivity (Wildman–Crippen MR) is 111 cm³/mol. The molecule has 0 aliphatic rings. The molecule has 0 atom stereocenters. The highest BCUT2D eigenvalue weighted by molar-refractivity contribution is 5.90. The topological polar surface area (TPSA) is 34.4 Å². The molecule has 3 heteroatoms. The molecule has 0 unspecified atom stereocenters. The average Bonchev–Trinajstić information content (AvgIpc) is 3.07. The van der Waals surface area contributed by atoms with E-state index >= 15 is 0 Å². The third-order valence-electron chi connectivity index (χ3n) is 4.99. The van der Waals surface area contributed by atoms with Gasteiger partial charge in [-0.15, -0.1) is 0 Å². The molecular formula is C24H23NO2. The van der Waals surface area contributed by atoms with Crippen LogP contribution in [-0.4, -0.2) is 16.8 Å². The molecule has 0 fully saturated rings. The lowest BCUT2D eigenvalue weighted by Gasteiger charge is -2.13. The van der Waals surface area contributed by atoms with Gasteiger partial charge in [-0.3, -0.25) is 0 Å². The molecule has 136 valence electrons. The maximum atomic E-state index is 9.68. The van der Waals surface area contributed by atoms with Crippen molar-refractivity contribution in [1.82, 2.24) is 4.57 Å². The summed E-state index contributed by atoms with van der Waals surface area (Å²) in [4.78, 5) is 0. The van der Waals surface area contributed by atoms with E-state index in [1.54, 1.807) is 19.2 Å². The Balaban J connectivity index is 1.95. The van der Waals surface area contributed by atoms with E-state index in [-0.39, 0.29) is 5.75 Å². The maximum Gasteiger partial charge on any atom is 0.119 e. The highest BCUT2D eigenvalue weighted by Gasteiger charge is 2.13. The fraction of sp³-hybridized carbons (Fsp3) is 0.167. The van der Waals surface area contributed by atoms with Crippen molar-refractivity contribution in [1.29, 1.82) is 0 Å². The minimum atomic E-state index is 0.264. The van der Waals surface area contributed by atoms with Crippen LogP contribution in [0.25, 0.3) is 27.8 Å². The summed E-state index contributed by atoms with van der Waals surface area (Å²) in [6.07, 6.45) is 0. The second-order valence-electron chi connectivity index (χ2n) is 7.08. The fourth-order valence-corrected chi connectivity index (χ4v) is 3.45. The van der Waals surface area contributed by atoms with Crippen LogP contribution < -0.4 is 4.74 Å². The van der Waals surface area contributed by atoms with Crippen LogP contribution in [0.1, 0.15) is 25.3 Å². The zero-order valence-electron chi connectivity index (χ0n) is 15.8. The SMILES string of the molecule is COc1ccc2c(c1)cc(-c1ccc(C(C)C)cc1)n2-c1ccc(O)cc1. The van der Waals surface area contributed by atoms with Crippen molar-refractivity contribution in [3.8, 4) is 28.4 Å². The highest BCUT2D eigenvalue weighted by Crippen LogP contribution is 2.34. The quantitative estimate of drug-likeness (QED) is 0.476. The molecule has 1 heterocycles. The zero-order valence-corrected chi connectivity index (χ0v) is 15.8. The molecule has 0 spiro atoms. The Kier molecular flexibility index (Phi) is 4.36. The van der Waals surface area contributed by atoms with Gasteiger partial charge >= 0.3 is 0 Å². The molecule has 3 nitrogen and oxygen atoms in total. The summed E-state index contributed by atoms with van der Waals surface area (Å²) in [7, 11) is 1.68. The highest BCUT2D eigenvalue weighted by atomic mass is 16.5. The van der Waals surface area contributed by atoms with E-state index in [1.165, 1.54) is 5.56 Å². The van der Waals surface area contributed by atoms with Gasteiger partial charge in [0.1, 0.15) is 11.5 Å². The summed E-state index contributed by atoms with van der Waals surface area (Å²) >= 11 is 0. The largest absolute Gasteiger partial charge is 0.508 e. The summed E-state index contributed by atoms with van der Waals surface area (Å²) in [5, 5.41) is 10.8. The number of ether oxygens (including phenoxy) is 1. The van der Waals surface area contributed by atoms with Crippen LogP contribution in [0.15, 0.2) is 72.8 Å². The van der Waals surface area contributed by atoms with Crippen LogP contribution >= 0.6 is 0 Å². The third kappa shape index (κ3) is 3.17. The van der Waals surface area contributed by atoms with Crippen LogP contribution in [0.5, 0.6) is 11.5 Å². The number of aromatic hydroxyl groups is 1. The van der Waals surface area contributed by atoms with Gasteiger partial charge in [0.2, 0.25) is 0 Å². The van der Waals surface area contributed by atoms with E-state index in [4.69, 9.17) is 4.74 Å². The van der Waals surface area contributed by atoms with Crippen molar-refractivity contribution in [2.45, 2.75) is 19.8 Å². The molecule has 3 aromatic carbocycles. The summed E-state index contributed by atoms with van der Waals surface area (Å²) in [6, 6.07) is 24.3. The first kappa shape index (κ1) is 17.2. The molecule has 1 N–H and O–H groups in total. The average molecular weight is 357 g/mol. The van der Waals surface area contributed by atoms with E-state index in [0.29, 0.717) is 5.92 Å². The van der Waals surface area contributed by atoms with Crippen molar-refractivity contribution < 1.29 is 9.84 Å². The van der Waals surface area contributed by atoms with Gasteiger partial charge in [-0.2, -0.15) is 0 Å². The minimum Gasteiger partial charge on any atom is -0.508 e. The summed E-state index contributed by atoms with van der Waals surface area (Å²) < 4.78 is 7.62. The number of phenols is 1. The second-order valence-corrected chi connectivity index (χ2v) is 7.08. The fourth-order valence-electron chi connectivity index (χ4n) is 3.45. The molecule has 1 aromatic heterocycles. The molecule has 0 aliphatic carbocycles. The number of hydrogen-bond donors (Lipinski definition) is 1. The molecule has 0 aliphatic heterocycles. The van der Waals surface area contributed by atoms with Crippen LogP contribution in [0.4, 0.5) is 0 Å². The number of aromatic nitrogens is 1. The number of fused-ring (bicyclic) bond motifs is 1. The van der Waals surface area contributed by atoms with Crippen LogP contribution in [-0.2, 0) is 0 Å². The number of phenolic OH excluding ortho intramolecular Hbond substituents is 1. The first-order chi connectivity index (χ1) is 13.1. The Hall–Kier alpha value is -3.20. The van der Waals surface area contributed by atoms with Crippen LogP contribution in [0.3, 0.4) is 0 Å². The van der Waals surface area contributed by atoms with Gasteiger partial charge in [-0.1, -0.05) is 38.1 Å². The molecule has 0 radical (unpaired) electrons. The van der Waals surface area contributed by atoms with Gasteiger partial charge in [0.25, 0.3) is 0 Å². The van der Waals surface area contributed by atoms with E-state index in [2.05, 4.69) is 60.9 Å². The van der Waals surface area contributed by atoms with E-state index < -0.39 is 0 Å². The van der Waals surface area contributed by atoms with Crippen molar-refractivity contribution in [2.24, 2.45) is 0 Å². The van der Waals surface area contributed by atoms with E-state index in [1.807, 2.05) is 18.2 Å². The normalized spacial score (nSPS) is 11.3. The Labute approximate surface area is 159 Å². The lowest BCUT2D eigenvalue weighted by molar-refractivity contribution is 0.415. The molecule has 4 aromatic rings. The predicted octanol–water partition coefficient (Wildman–Crippen LogP) is 6.14. The lowest BCUT2D eigenvalue weighted by atomic mass is 10.0. The Morgan fingerprint density at radius 3 is 2.19 bits per heavy atom. The smallest absolute Gasteiger partial charge is 0.119 e. The monoisotopic (exact) mass is 357 g/mol. The van der Waals surface area contributed by atoms with Crippen molar-refractivity contribution >= 4 is 10.9 Å². The van der Waals surface area contributed by atoms with Crippen LogP contribution in [0, 0.1) is 0 Å². The Morgan fingerprint density at radius 1 is 0.852 bits per heavy atom. The molecule has 0 saturated carbocycles. The number of nitrogens with zero attached hydrogens (tertiary/aromatic N) is 1. The number of hydrogen-bond acceptors (Lipinski definition) is 2. The van der Waals surface area contributed by atoms with Gasteiger partial charge in [0.15, 0.2) is 0 Å². The zero-order chi connectivity index (χ0) is 19.0. The van der Waals surface area contributed by atoms with Crippen LogP contribution in [0.2, 0.25) is 0 Å². The molecular weight excluding hydrogens is 334 g/mol. The molecule has 0 bridgehead atoms. The Bertz CT molecular complexity index is 1070. The van der Waals surface area contributed by atoms with E-state index in [9.17, 15) is 5.11 Å². The second kappa shape index (κ2) is 6.84. The minimum absolute atomic E-state index is 0.264. The first-order valence-corrected chi connectivity index (χ1v) is 9.16. The first-order valence-electron chi connectivity index (χ1n) is 9.16. The van der Waals surface area contributed by atoms with Crippen molar-refractivity contribution in [2.75, 3.05) is 7.11 Å². The van der Waals surface area contributed by atoms with Gasteiger partial charge < -0.3 is 14.4 Å². The molecule has 0 amide bonds. The maximum absolute atomic E-state index is 9.68. The number of methoxy groups -OCH3 is 1. The third-order valence-corrected chi connectivity index (χ3v) is 4.99. The van der Waals surface area contributed by atoms with Crippen molar-refractivity contribution in [3.63, 3.8) is 0 Å². The van der Waals surface area contributed by atoms with E-state index in [0.717, 1.165) is 33.6 Å². The number of rotatable bonds is 4. The summed E-state index contributed by atoms with van der Waals surface area (Å²) in [5.74, 6) is 1.61. The molecule has 0 saturated heterocycles. The van der Waals surface area contributed by atoms with Crippen molar-refractivity contribution in [3.05, 3.63) is 78.4 Å². The summed E-state index contributed by atoms with van der Waals surface area (Å²) in [6.45, 7) is 4.41. The van der Waals surface area contributed by atoms with Gasteiger partial charge in [0.05, 0.1) is 18.3 Å². The standard InChI is InChI=1S/C24H23NO2/c1-16(2)17-4-6-18(7-5-17)24-15-19-14-22(27-3)12-13-23(19)25(24)20-8-10-21(26)11-9-20/h4-16,26H,1-3H3. The Morgan fingerprint density at radius 2 is 1.56 bits per heavy atom. The number of benzene rings is 3. The van der Waals surface area contributed by atoms with Gasteiger partial charge in [-0.05, 0) is 65.6 Å². The molecule has 27 heavy (non-hydrogen) atoms. The van der Waals surface area contributed by atoms with Gasteiger partial charge in [-0.25, -0.2) is 0 Å². The molecule has 4 rings (SSSR count). The van der Waals surface area contributed by atoms with Gasteiger partial charge in [0, 0.05) is 11.1 Å². The summed E-state index contributed by atoms with van der Waals surface area (Å²) in [5.41, 5.74) is 5.70. The lowest BCUT2D eigenvalue weighted by Crippen LogP contribution is -1.97.